The molecule has 5 heteroatoms. The highest BCUT2D eigenvalue weighted by Gasteiger charge is 2.45. The summed E-state index contributed by atoms with van der Waals surface area (Å²) < 4.78 is 0. The fourth-order valence-corrected chi connectivity index (χ4v) is 6.56. The summed E-state index contributed by atoms with van der Waals surface area (Å²) >= 11 is 3.53. The van der Waals surface area contributed by atoms with Gasteiger partial charge in [0.25, 0.3) is 0 Å². The molecule has 146 valence electrons. The van der Waals surface area contributed by atoms with Crippen LogP contribution in [0.25, 0.3) is 6.08 Å². The van der Waals surface area contributed by atoms with Crippen LogP contribution in [0.2, 0.25) is 0 Å². The van der Waals surface area contributed by atoms with Gasteiger partial charge in [-0.05, 0) is 66.6 Å². The van der Waals surface area contributed by atoms with E-state index >= 15 is 0 Å². The Bertz CT molecular complexity index is 876. The molecular formula is C23H26N2OS2. The predicted molar refractivity (Wildman–Crippen MR) is 118 cm³/mol. The van der Waals surface area contributed by atoms with Crippen molar-refractivity contribution >= 4 is 40.4 Å². The molecule has 0 unspecified atom stereocenters. The number of hydrazone groups is 1. The highest BCUT2D eigenvalue weighted by molar-refractivity contribution is 7.11. The third-order valence-corrected chi connectivity index (χ3v) is 8.14. The average Bonchev–Trinajstić information content (AvgIpc) is 3.48. The first-order chi connectivity index (χ1) is 13.8. The van der Waals surface area contributed by atoms with E-state index in [4.69, 9.17) is 5.10 Å². The van der Waals surface area contributed by atoms with Gasteiger partial charge in [-0.3, -0.25) is 4.79 Å². The largest absolute Gasteiger partial charge is 0.273 e. The van der Waals surface area contributed by atoms with E-state index in [-0.39, 0.29) is 17.9 Å². The van der Waals surface area contributed by atoms with E-state index in [2.05, 4.69) is 41.1 Å². The van der Waals surface area contributed by atoms with Gasteiger partial charge in [0, 0.05) is 21.6 Å². The Morgan fingerprint density at radius 1 is 1.04 bits per heavy atom. The van der Waals surface area contributed by atoms with Crippen LogP contribution in [0.4, 0.5) is 0 Å². The molecular weight excluding hydrogens is 384 g/mol. The van der Waals surface area contributed by atoms with Crippen LogP contribution in [-0.4, -0.2) is 16.6 Å². The minimum Gasteiger partial charge on any atom is -0.273 e. The summed E-state index contributed by atoms with van der Waals surface area (Å²) in [4.78, 5) is 16.0. The zero-order valence-electron chi connectivity index (χ0n) is 16.0. The highest BCUT2D eigenvalue weighted by atomic mass is 32.1. The van der Waals surface area contributed by atoms with Crippen LogP contribution in [0.15, 0.2) is 45.7 Å². The molecule has 2 aromatic rings. The van der Waals surface area contributed by atoms with Gasteiger partial charge in [-0.1, -0.05) is 31.4 Å². The second-order valence-electron chi connectivity index (χ2n) is 8.15. The first-order valence-corrected chi connectivity index (χ1v) is 12.3. The van der Waals surface area contributed by atoms with Gasteiger partial charge in [0.1, 0.15) is 0 Å². The van der Waals surface area contributed by atoms with Crippen LogP contribution in [0.5, 0.6) is 0 Å². The van der Waals surface area contributed by atoms with Gasteiger partial charge in [0.15, 0.2) is 0 Å². The SMILES string of the molecule is O=C(C1CCCCC1)N1N=C2/C(=C/c3cccs3)CCC[C@@H]2[C@@H]1c1cccs1. The zero-order valence-corrected chi connectivity index (χ0v) is 17.7. The van der Waals surface area contributed by atoms with Gasteiger partial charge in [0.05, 0.1) is 11.8 Å². The molecule has 2 fully saturated rings. The number of thiophene rings is 2. The van der Waals surface area contributed by atoms with Crippen molar-refractivity contribution in [3.8, 4) is 0 Å². The Kier molecular flexibility index (Phi) is 5.20. The maximum Gasteiger partial charge on any atom is 0.246 e. The molecule has 2 atom stereocenters. The molecule has 28 heavy (non-hydrogen) atoms. The molecule has 3 aliphatic rings. The summed E-state index contributed by atoms with van der Waals surface area (Å²) in [5, 5.41) is 11.2. The lowest BCUT2D eigenvalue weighted by Crippen LogP contribution is -2.36. The number of rotatable bonds is 3. The molecule has 0 bridgehead atoms. The molecule has 0 spiro atoms. The van der Waals surface area contributed by atoms with Gasteiger partial charge in [-0.2, -0.15) is 5.10 Å². The smallest absolute Gasteiger partial charge is 0.246 e. The number of amides is 1. The Morgan fingerprint density at radius 3 is 2.61 bits per heavy atom. The lowest BCUT2D eigenvalue weighted by Gasteiger charge is -2.31. The topological polar surface area (TPSA) is 32.7 Å². The standard InChI is InChI=1S/C23H26N2OS2/c26-23(16-7-2-1-3-8-16)25-22(20-12-6-14-28-20)19-11-4-9-17(21(19)24-25)15-18-10-5-13-27-18/h5-6,10,12-16,19,22H,1-4,7-9,11H2/b17-15+/t19-,22+/m0/s1. The van der Waals surface area contributed by atoms with Gasteiger partial charge >= 0.3 is 0 Å². The van der Waals surface area contributed by atoms with Crippen molar-refractivity contribution in [2.75, 3.05) is 0 Å². The lowest BCUT2D eigenvalue weighted by molar-refractivity contribution is -0.139. The Labute approximate surface area is 174 Å². The Hall–Kier alpha value is -1.72. The van der Waals surface area contributed by atoms with Crippen molar-refractivity contribution in [2.45, 2.75) is 57.4 Å². The number of carbonyl (C=O) groups excluding carboxylic acids is 1. The summed E-state index contributed by atoms with van der Waals surface area (Å²) in [7, 11) is 0. The highest BCUT2D eigenvalue weighted by Crippen LogP contribution is 2.46. The van der Waals surface area contributed by atoms with Gasteiger partial charge in [-0.25, -0.2) is 5.01 Å². The van der Waals surface area contributed by atoms with Gasteiger partial charge in [-0.15, -0.1) is 22.7 Å². The second-order valence-corrected chi connectivity index (χ2v) is 10.1. The minimum absolute atomic E-state index is 0.0939. The zero-order chi connectivity index (χ0) is 18.9. The first kappa shape index (κ1) is 18.3. The number of hydrogen-bond donors (Lipinski definition) is 0. The number of hydrogen-bond acceptors (Lipinski definition) is 4. The molecule has 0 saturated heterocycles. The monoisotopic (exact) mass is 410 g/mol. The van der Waals surface area contributed by atoms with Crippen LogP contribution < -0.4 is 0 Å². The fraction of sp³-hybridized carbons (Fsp3) is 0.478. The second kappa shape index (κ2) is 7.96. The van der Waals surface area contributed by atoms with Crippen molar-refractivity contribution in [3.05, 3.63) is 50.4 Å². The summed E-state index contributed by atoms with van der Waals surface area (Å²) in [6.45, 7) is 0. The van der Waals surface area contributed by atoms with Crippen molar-refractivity contribution in [3.63, 3.8) is 0 Å². The fourth-order valence-electron chi connectivity index (χ4n) is 5.00. The molecule has 2 saturated carbocycles. The average molecular weight is 411 g/mol. The van der Waals surface area contributed by atoms with E-state index in [9.17, 15) is 4.79 Å². The Balaban J connectivity index is 1.51. The van der Waals surface area contributed by atoms with Crippen LogP contribution in [0.1, 0.15) is 67.2 Å². The number of nitrogens with zero attached hydrogens (tertiary/aromatic N) is 2. The third kappa shape index (κ3) is 3.39. The summed E-state index contributed by atoms with van der Waals surface area (Å²) in [6.07, 6.45) is 11.3. The quantitative estimate of drug-likeness (QED) is 0.567. The molecule has 3 nitrogen and oxygen atoms in total. The molecule has 0 radical (unpaired) electrons. The van der Waals surface area contributed by atoms with Crippen molar-refractivity contribution in [1.29, 1.82) is 0 Å². The molecule has 5 rings (SSSR count). The van der Waals surface area contributed by atoms with Gasteiger partial charge < -0.3 is 0 Å². The lowest BCUT2D eigenvalue weighted by atomic mass is 9.79. The van der Waals surface area contributed by atoms with Crippen LogP contribution in [0.3, 0.4) is 0 Å². The molecule has 0 N–H and O–H groups in total. The third-order valence-electron chi connectivity index (χ3n) is 6.38. The molecule has 1 amide bonds. The van der Waals surface area contributed by atoms with Gasteiger partial charge in [0.2, 0.25) is 5.91 Å². The molecule has 2 aromatic heterocycles. The van der Waals surface area contributed by atoms with E-state index in [1.807, 2.05) is 5.01 Å². The summed E-state index contributed by atoms with van der Waals surface area (Å²) in [5.41, 5.74) is 2.50. The normalized spacial score (nSPS) is 27.1. The van der Waals surface area contributed by atoms with Crippen molar-refractivity contribution < 1.29 is 4.79 Å². The number of carbonyl (C=O) groups is 1. The van der Waals surface area contributed by atoms with E-state index in [0.29, 0.717) is 5.92 Å². The van der Waals surface area contributed by atoms with Crippen molar-refractivity contribution in [1.82, 2.24) is 5.01 Å². The van der Waals surface area contributed by atoms with E-state index in [0.717, 1.165) is 25.7 Å². The predicted octanol–water partition coefficient (Wildman–Crippen LogP) is 6.51. The van der Waals surface area contributed by atoms with Crippen molar-refractivity contribution in [2.24, 2.45) is 16.9 Å². The van der Waals surface area contributed by atoms with Crippen LogP contribution in [0, 0.1) is 11.8 Å². The molecule has 0 aromatic carbocycles. The molecule has 2 aliphatic carbocycles. The number of fused-ring (bicyclic) bond motifs is 1. The van der Waals surface area contributed by atoms with E-state index in [1.54, 1.807) is 22.7 Å². The maximum absolute atomic E-state index is 13.5. The minimum atomic E-state index is 0.0939. The summed E-state index contributed by atoms with van der Waals surface area (Å²) in [5.74, 6) is 0.757. The molecule has 1 aliphatic heterocycles. The molecule has 3 heterocycles. The number of allylic oxidation sites excluding steroid dienone is 1. The van der Waals surface area contributed by atoms with Crippen LogP contribution >= 0.6 is 22.7 Å². The van der Waals surface area contributed by atoms with E-state index < -0.39 is 0 Å². The first-order valence-electron chi connectivity index (χ1n) is 10.5. The maximum atomic E-state index is 13.5. The van der Waals surface area contributed by atoms with Crippen LogP contribution in [-0.2, 0) is 4.79 Å². The Morgan fingerprint density at radius 2 is 1.86 bits per heavy atom. The summed E-state index contributed by atoms with van der Waals surface area (Å²) in [6, 6.07) is 8.65. The van der Waals surface area contributed by atoms with E-state index in [1.165, 1.54) is 46.7 Å².